The number of alkyl halides is 3. The first kappa shape index (κ1) is 25.4. The lowest BCUT2D eigenvalue weighted by Gasteiger charge is -2.14. The van der Waals surface area contributed by atoms with Crippen LogP contribution in [0.1, 0.15) is 11.1 Å². The molecule has 0 aliphatic rings. The first-order chi connectivity index (χ1) is 17.6. The highest BCUT2D eigenvalue weighted by molar-refractivity contribution is 5.99. The predicted molar refractivity (Wildman–Crippen MR) is 128 cm³/mol. The lowest BCUT2D eigenvalue weighted by Crippen LogP contribution is -2.26. The van der Waals surface area contributed by atoms with E-state index in [2.05, 4.69) is 25.7 Å². The van der Waals surface area contributed by atoms with Crippen molar-refractivity contribution < 1.29 is 27.6 Å². The molecular formula is C23H21F3N8O3. The molecule has 0 unspecified atom stereocenters. The molecule has 4 N–H and O–H groups in total. The van der Waals surface area contributed by atoms with Crippen molar-refractivity contribution in [3.63, 3.8) is 0 Å². The highest BCUT2D eigenvalue weighted by Crippen LogP contribution is 2.34. The number of amides is 3. The number of rotatable bonds is 6. The van der Waals surface area contributed by atoms with Crippen molar-refractivity contribution in [1.82, 2.24) is 24.6 Å². The van der Waals surface area contributed by atoms with Crippen LogP contribution in [0.3, 0.4) is 0 Å². The molecule has 3 heterocycles. The number of likely N-dealkylation sites (N-methyl/N-ethyl adjacent to an activating group) is 1. The first-order valence-electron chi connectivity index (χ1n) is 10.7. The number of anilines is 3. The van der Waals surface area contributed by atoms with Crippen LogP contribution in [0.5, 0.6) is 0 Å². The molecule has 1 aromatic carbocycles. The van der Waals surface area contributed by atoms with Crippen molar-refractivity contribution in [1.29, 1.82) is 0 Å². The molecule has 0 radical (unpaired) electrons. The summed E-state index contributed by atoms with van der Waals surface area (Å²) in [5.74, 6) is -0.349. The van der Waals surface area contributed by atoms with E-state index in [-0.39, 0.29) is 24.0 Å². The van der Waals surface area contributed by atoms with E-state index in [1.807, 2.05) is 0 Å². The number of benzene rings is 1. The number of hydroxylamine groups is 2. The van der Waals surface area contributed by atoms with E-state index in [0.29, 0.717) is 27.9 Å². The molecular weight excluding hydrogens is 493 g/mol. The molecule has 0 saturated heterocycles. The zero-order valence-corrected chi connectivity index (χ0v) is 19.6. The second kappa shape index (κ2) is 10.1. The fraction of sp³-hybridized carbons (Fsp3) is 0.174. The van der Waals surface area contributed by atoms with Gasteiger partial charge in [0.25, 0.3) is 0 Å². The average Bonchev–Trinajstić information content (AvgIpc) is 3.22. The van der Waals surface area contributed by atoms with E-state index in [1.165, 1.54) is 25.0 Å². The highest BCUT2D eigenvalue weighted by Gasteiger charge is 2.30. The van der Waals surface area contributed by atoms with Crippen LogP contribution in [0.25, 0.3) is 16.6 Å². The summed E-state index contributed by atoms with van der Waals surface area (Å²) in [5, 5.41) is 10.1. The number of hydrogen-bond acceptors (Lipinski definition) is 7. The number of nitrogen functional groups attached to an aromatic ring is 1. The van der Waals surface area contributed by atoms with E-state index in [4.69, 9.17) is 10.6 Å². The van der Waals surface area contributed by atoms with Crippen LogP contribution in [0.4, 0.5) is 35.3 Å². The highest BCUT2D eigenvalue weighted by atomic mass is 19.4. The Labute approximate surface area is 208 Å². The van der Waals surface area contributed by atoms with Crippen LogP contribution in [0, 0.1) is 0 Å². The molecule has 0 atom stereocenters. The minimum absolute atomic E-state index is 0.00509. The minimum Gasteiger partial charge on any atom is -0.382 e. The van der Waals surface area contributed by atoms with Gasteiger partial charge in [0, 0.05) is 30.7 Å². The van der Waals surface area contributed by atoms with Crippen molar-refractivity contribution in [3.8, 4) is 11.1 Å². The Bertz CT molecular complexity index is 1450. The summed E-state index contributed by atoms with van der Waals surface area (Å²) >= 11 is 0. The van der Waals surface area contributed by atoms with Gasteiger partial charge < -0.3 is 11.1 Å². The normalized spacial score (nSPS) is 11.4. The van der Waals surface area contributed by atoms with Gasteiger partial charge in [-0.1, -0.05) is 12.1 Å². The maximum atomic E-state index is 12.9. The second-order valence-corrected chi connectivity index (χ2v) is 7.80. The molecule has 11 nitrogen and oxygen atoms in total. The molecule has 3 amide bonds. The lowest BCUT2D eigenvalue weighted by molar-refractivity contribution is -0.167. The molecule has 0 bridgehead atoms. The molecule has 3 aromatic heterocycles. The second-order valence-electron chi connectivity index (χ2n) is 7.80. The maximum absolute atomic E-state index is 12.9. The van der Waals surface area contributed by atoms with Crippen LogP contribution in [0.15, 0.2) is 55.1 Å². The van der Waals surface area contributed by atoms with Crippen LogP contribution >= 0.6 is 0 Å². The number of halogens is 3. The van der Waals surface area contributed by atoms with Crippen molar-refractivity contribution >= 4 is 34.8 Å². The van der Waals surface area contributed by atoms with Crippen LogP contribution in [0.2, 0.25) is 0 Å². The number of hydrogen-bond donors (Lipinski definition) is 3. The summed E-state index contributed by atoms with van der Waals surface area (Å²) < 4.78 is 40.2. The van der Waals surface area contributed by atoms with Gasteiger partial charge in [-0.05, 0) is 35.4 Å². The van der Waals surface area contributed by atoms with Gasteiger partial charge in [0.15, 0.2) is 5.82 Å². The number of carbonyl (C=O) groups is 2. The number of nitrogens with one attached hydrogen (secondary N) is 2. The number of urea groups is 1. The third kappa shape index (κ3) is 5.59. The largest absolute Gasteiger partial charge is 0.416 e. The smallest absolute Gasteiger partial charge is 0.382 e. The van der Waals surface area contributed by atoms with E-state index < -0.39 is 17.8 Å². The first-order valence-corrected chi connectivity index (χ1v) is 10.7. The van der Waals surface area contributed by atoms with Gasteiger partial charge in [-0.3, -0.25) is 14.9 Å². The third-order valence-corrected chi connectivity index (χ3v) is 5.41. The zero-order chi connectivity index (χ0) is 26.7. The number of carbonyl (C=O) groups excluding carboxylic acids is 2. The molecule has 14 heteroatoms. The van der Waals surface area contributed by atoms with Gasteiger partial charge in [-0.2, -0.15) is 18.3 Å². The van der Waals surface area contributed by atoms with E-state index in [9.17, 15) is 22.8 Å². The number of nitrogens with zero attached hydrogens (tertiary/aromatic N) is 5. The van der Waals surface area contributed by atoms with Gasteiger partial charge in [-0.25, -0.2) is 24.3 Å². The fourth-order valence-corrected chi connectivity index (χ4v) is 3.59. The standard InChI is InChI=1S/C23H21F3N8O3/c1-33(37-2)18(35)9-14-11-34-20(21(27)29-12-30-34)19(14)13-3-5-16(6-4-13)31-22(36)32-17-10-15(7-8-28-17)23(24,25)26/h3-8,10-12H,9H2,1-2H3,(H2,27,29,30)(H2,28,31,32,36). The third-order valence-electron chi connectivity index (χ3n) is 5.41. The van der Waals surface area contributed by atoms with Crippen LogP contribution in [-0.2, 0) is 22.2 Å². The molecule has 0 fully saturated rings. The molecule has 0 spiro atoms. The average molecular weight is 514 g/mol. The number of nitrogens with two attached hydrogens (primary N) is 1. The van der Waals surface area contributed by atoms with Crippen LogP contribution in [-0.4, -0.2) is 50.7 Å². The van der Waals surface area contributed by atoms with Crippen molar-refractivity contribution in [2.45, 2.75) is 12.6 Å². The quantitative estimate of drug-likeness (QED) is 0.334. The van der Waals surface area contributed by atoms with Crippen LogP contribution < -0.4 is 16.4 Å². The van der Waals surface area contributed by atoms with E-state index in [0.717, 1.165) is 23.4 Å². The minimum atomic E-state index is -4.56. The van der Waals surface area contributed by atoms with Crippen molar-refractivity contribution in [2.24, 2.45) is 0 Å². The summed E-state index contributed by atoms with van der Waals surface area (Å²) in [6.45, 7) is 0. The molecule has 4 aromatic rings. The number of aromatic nitrogens is 4. The predicted octanol–water partition coefficient (Wildman–Crippen LogP) is 3.60. The lowest BCUT2D eigenvalue weighted by atomic mass is 10.00. The topological polar surface area (TPSA) is 140 Å². The van der Waals surface area contributed by atoms with Gasteiger partial charge in [0.05, 0.1) is 19.1 Å². The molecule has 0 aliphatic heterocycles. The SMILES string of the molecule is CON(C)C(=O)Cc1cn2ncnc(N)c2c1-c1ccc(NC(=O)Nc2cc(C(F)(F)F)ccn2)cc1. The van der Waals surface area contributed by atoms with Crippen molar-refractivity contribution in [3.05, 3.63) is 66.2 Å². The Morgan fingerprint density at radius 3 is 2.54 bits per heavy atom. The monoisotopic (exact) mass is 514 g/mol. The molecule has 0 aliphatic carbocycles. The summed E-state index contributed by atoms with van der Waals surface area (Å²) in [5.41, 5.74) is 7.93. The van der Waals surface area contributed by atoms with Gasteiger partial charge >= 0.3 is 12.2 Å². The number of pyridine rings is 1. The van der Waals surface area contributed by atoms with Gasteiger partial charge in [0.1, 0.15) is 17.7 Å². The number of fused-ring (bicyclic) bond motifs is 1. The van der Waals surface area contributed by atoms with E-state index >= 15 is 0 Å². The van der Waals surface area contributed by atoms with E-state index in [1.54, 1.807) is 30.5 Å². The Balaban J connectivity index is 1.57. The fourth-order valence-electron chi connectivity index (χ4n) is 3.59. The molecule has 192 valence electrons. The van der Waals surface area contributed by atoms with Gasteiger partial charge in [-0.15, -0.1) is 0 Å². The Morgan fingerprint density at radius 1 is 1.14 bits per heavy atom. The van der Waals surface area contributed by atoms with Crippen molar-refractivity contribution in [2.75, 3.05) is 30.5 Å². The Kier molecular flexibility index (Phi) is 6.93. The molecule has 0 saturated carbocycles. The molecule has 37 heavy (non-hydrogen) atoms. The summed E-state index contributed by atoms with van der Waals surface area (Å²) in [6.07, 6.45) is -0.645. The summed E-state index contributed by atoms with van der Waals surface area (Å²) in [4.78, 5) is 37.5. The summed E-state index contributed by atoms with van der Waals surface area (Å²) in [7, 11) is 2.87. The zero-order valence-electron chi connectivity index (χ0n) is 19.6. The Morgan fingerprint density at radius 2 is 1.86 bits per heavy atom. The maximum Gasteiger partial charge on any atom is 0.416 e. The Hall–Kier alpha value is -4.72. The van der Waals surface area contributed by atoms with Gasteiger partial charge in [0.2, 0.25) is 5.91 Å². The molecule has 4 rings (SSSR count). The summed E-state index contributed by atoms with van der Waals surface area (Å²) in [6, 6.07) is 7.31.